The quantitative estimate of drug-likeness (QED) is 0.859. The summed E-state index contributed by atoms with van der Waals surface area (Å²) in [5.74, 6) is -0.914. The number of carboxylic acid groups (broad SMARTS) is 1. The van der Waals surface area contributed by atoms with Gasteiger partial charge in [0.25, 0.3) is 5.91 Å². The molecule has 2 aromatic rings. The Balaban J connectivity index is 1.52. The Morgan fingerprint density at radius 1 is 1.10 bits per heavy atom. The maximum absolute atomic E-state index is 13.0. The number of aliphatic carboxylic acids is 1. The van der Waals surface area contributed by atoms with Crippen LogP contribution in [0, 0.1) is 0 Å². The van der Waals surface area contributed by atoms with Gasteiger partial charge in [-0.25, -0.2) is 4.79 Å². The minimum Gasteiger partial charge on any atom is -0.480 e. The van der Waals surface area contributed by atoms with E-state index in [1.807, 2.05) is 36.4 Å². The predicted molar refractivity (Wildman–Crippen MR) is 106 cm³/mol. The van der Waals surface area contributed by atoms with E-state index in [0.717, 1.165) is 11.1 Å². The van der Waals surface area contributed by atoms with Crippen molar-refractivity contribution in [2.75, 3.05) is 11.4 Å². The zero-order valence-corrected chi connectivity index (χ0v) is 16.1. The van der Waals surface area contributed by atoms with Gasteiger partial charge in [-0.1, -0.05) is 36.4 Å². The first-order valence-electron chi connectivity index (χ1n) is 9.62. The molecule has 150 valence electrons. The molecule has 0 bridgehead atoms. The number of benzene rings is 2. The summed E-state index contributed by atoms with van der Waals surface area (Å²) in [7, 11) is 0. The summed E-state index contributed by atoms with van der Waals surface area (Å²) < 4.78 is 5.62. The first-order chi connectivity index (χ1) is 14.0. The van der Waals surface area contributed by atoms with E-state index in [4.69, 9.17) is 4.74 Å². The summed E-state index contributed by atoms with van der Waals surface area (Å²) in [6.45, 7) is 2.11. The number of para-hydroxylation sites is 2. The van der Waals surface area contributed by atoms with Crippen LogP contribution in [-0.4, -0.2) is 46.5 Å². The van der Waals surface area contributed by atoms with E-state index < -0.39 is 18.1 Å². The molecule has 2 heterocycles. The van der Waals surface area contributed by atoms with Gasteiger partial charge < -0.3 is 19.6 Å². The summed E-state index contributed by atoms with van der Waals surface area (Å²) in [6.07, 6.45) is -0.305. The second kappa shape index (κ2) is 7.58. The van der Waals surface area contributed by atoms with Crippen LogP contribution in [-0.2, 0) is 27.3 Å². The third-order valence-electron chi connectivity index (χ3n) is 5.48. The van der Waals surface area contributed by atoms with Gasteiger partial charge in [-0.2, -0.15) is 0 Å². The van der Waals surface area contributed by atoms with Gasteiger partial charge in [0.2, 0.25) is 5.91 Å². The summed E-state index contributed by atoms with van der Waals surface area (Å²) in [4.78, 5) is 40.3. The smallest absolute Gasteiger partial charge is 0.326 e. The van der Waals surface area contributed by atoms with Crippen LogP contribution in [0.15, 0.2) is 48.5 Å². The zero-order chi connectivity index (χ0) is 20.5. The number of carbonyl (C=O) groups excluding carboxylic acids is 2. The third-order valence-corrected chi connectivity index (χ3v) is 5.48. The third kappa shape index (κ3) is 3.55. The van der Waals surface area contributed by atoms with Gasteiger partial charge in [-0.05, 0) is 30.2 Å². The molecule has 0 aliphatic carbocycles. The summed E-state index contributed by atoms with van der Waals surface area (Å²) in [5.41, 5.74) is 2.54. The Bertz CT molecular complexity index is 973. The Kier molecular flexibility index (Phi) is 4.96. The summed E-state index contributed by atoms with van der Waals surface area (Å²) in [6, 6.07) is 13.9. The monoisotopic (exact) mass is 394 g/mol. The molecular weight excluding hydrogens is 372 g/mol. The van der Waals surface area contributed by atoms with Crippen LogP contribution >= 0.6 is 0 Å². The standard InChI is InChI=1S/C22H22N2O5/c1-14-21(26)23(17-8-4-5-9-19(17)29-14)11-10-20(25)24-13-16-7-3-2-6-15(16)12-18(24)22(27)28/h2-9,14,18H,10-13H2,1H3,(H,27,28)/t14-,18+/m1/s1. The molecule has 0 saturated heterocycles. The molecule has 2 amide bonds. The maximum atomic E-state index is 13.0. The van der Waals surface area contributed by atoms with Crippen molar-refractivity contribution >= 4 is 23.5 Å². The Hall–Kier alpha value is -3.35. The van der Waals surface area contributed by atoms with Crippen LogP contribution in [0.5, 0.6) is 5.75 Å². The molecule has 0 unspecified atom stereocenters. The number of amides is 2. The van der Waals surface area contributed by atoms with Gasteiger partial charge in [0.15, 0.2) is 6.10 Å². The second-order valence-corrected chi connectivity index (χ2v) is 7.32. The van der Waals surface area contributed by atoms with Gasteiger partial charge in [-0.15, -0.1) is 0 Å². The van der Waals surface area contributed by atoms with E-state index in [1.165, 1.54) is 4.90 Å². The van der Waals surface area contributed by atoms with E-state index in [2.05, 4.69) is 0 Å². The van der Waals surface area contributed by atoms with Crippen molar-refractivity contribution in [3.05, 3.63) is 59.7 Å². The molecule has 4 rings (SSSR count). The molecule has 0 fully saturated rings. The maximum Gasteiger partial charge on any atom is 0.326 e. The molecule has 0 spiro atoms. The Labute approximate surface area is 168 Å². The van der Waals surface area contributed by atoms with Crippen LogP contribution < -0.4 is 9.64 Å². The molecule has 2 atom stereocenters. The molecule has 7 heteroatoms. The summed E-state index contributed by atoms with van der Waals surface area (Å²) in [5, 5.41) is 9.63. The van der Waals surface area contributed by atoms with Crippen LogP contribution in [0.1, 0.15) is 24.5 Å². The molecule has 1 N–H and O–H groups in total. The van der Waals surface area contributed by atoms with Gasteiger partial charge in [0, 0.05) is 25.9 Å². The molecular formula is C22H22N2O5. The van der Waals surface area contributed by atoms with E-state index in [0.29, 0.717) is 11.4 Å². The second-order valence-electron chi connectivity index (χ2n) is 7.32. The molecule has 7 nitrogen and oxygen atoms in total. The summed E-state index contributed by atoms with van der Waals surface area (Å²) >= 11 is 0. The van der Waals surface area contributed by atoms with Crippen molar-refractivity contribution in [2.45, 2.75) is 38.5 Å². The van der Waals surface area contributed by atoms with Crippen LogP contribution in [0.3, 0.4) is 0 Å². The molecule has 29 heavy (non-hydrogen) atoms. The average Bonchev–Trinajstić information content (AvgIpc) is 2.73. The van der Waals surface area contributed by atoms with Crippen LogP contribution in [0.4, 0.5) is 5.69 Å². The molecule has 2 aliphatic heterocycles. The van der Waals surface area contributed by atoms with Crippen molar-refractivity contribution in [1.82, 2.24) is 4.90 Å². The normalized spacial score (nSPS) is 20.5. The highest BCUT2D eigenvalue weighted by Gasteiger charge is 2.36. The molecule has 0 aromatic heterocycles. The van der Waals surface area contributed by atoms with Gasteiger partial charge >= 0.3 is 5.97 Å². The predicted octanol–water partition coefficient (Wildman–Crippen LogP) is 2.23. The lowest BCUT2D eigenvalue weighted by atomic mass is 9.93. The van der Waals surface area contributed by atoms with E-state index in [1.54, 1.807) is 24.0 Å². The minimum atomic E-state index is -1.02. The number of carbonyl (C=O) groups is 3. The first-order valence-corrected chi connectivity index (χ1v) is 9.62. The van der Waals surface area contributed by atoms with Crippen molar-refractivity contribution in [1.29, 1.82) is 0 Å². The fourth-order valence-electron chi connectivity index (χ4n) is 3.95. The molecule has 0 radical (unpaired) electrons. The van der Waals surface area contributed by atoms with Gasteiger partial charge in [0.05, 0.1) is 5.69 Å². The SMILES string of the molecule is C[C@H]1Oc2ccccc2N(CCC(=O)N2Cc3ccccc3C[C@H]2C(=O)O)C1=O. The molecule has 2 aliphatic rings. The van der Waals surface area contributed by atoms with Gasteiger partial charge in [0.1, 0.15) is 11.8 Å². The fraction of sp³-hybridized carbons (Fsp3) is 0.318. The van der Waals surface area contributed by atoms with Crippen molar-refractivity contribution in [3.8, 4) is 5.75 Å². The number of anilines is 1. The van der Waals surface area contributed by atoms with Crippen LogP contribution in [0.25, 0.3) is 0 Å². The highest BCUT2D eigenvalue weighted by atomic mass is 16.5. The fourth-order valence-corrected chi connectivity index (χ4v) is 3.95. The highest BCUT2D eigenvalue weighted by Crippen LogP contribution is 2.34. The van der Waals surface area contributed by atoms with E-state index in [-0.39, 0.29) is 37.7 Å². The topological polar surface area (TPSA) is 87.2 Å². The Morgan fingerprint density at radius 2 is 1.79 bits per heavy atom. The lowest BCUT2D eigenvalue weighted by molar-refractivity contribution is -0.151. The zero-order valence-electron chi connectivity index (χ0n) is 16.1. The lowest BCUT2D eigenvalue weighted by Crippen LogP contribution is -2.50. The Morgan fingerprint density at radius 3 is 2.55 bits per heavy atom. The number of hydrogen-bond donors (Lipinski definition) is 1. The minimum absolute atomic E-state index is 0.0404. The number of ether oxygens (including phenoxy) is 1. The first kappa shape index (κ1) is 19.0. The number of fused-ring (bicyclic) bond motifs is 2. The number of nitrogens with zero attached hydrogens (tertiary/aromatic N) is 2. The van der Waals surface area contributed by atoms with E-state index >= 15 is 0 Å². The van der Waals surface area contributed by atoms with Crippen molar-refractivity contribution < 1.29 is 24.2 Å². The van der Waals surface area contributed by atoms with E-state index in [9.17, 15) is 19.5 Å². The van der Waals surface area contributed by atoms with Crippen LogP contribution in [0.2, 0.25) is 0 Å². The molecule has 2 aromatic carbocycles. The number of carboxylic acids is 1. The highest BCUT2D eigenvalue weighted by molar-refractivity contribution is 6.00. The van der Waals surface area contributed by atoms with Gasteiger partial charge in [-0.3, -0.25) is 9.59 Å². The molecule has 0 saturated carbocycles. The number of rotatable bonds is 4. The number of hydrogen-bond acceptors (Lipinski definition) is 4. The van der Waals surface area contributed by atoms with Crippen molar-refractivity contribution in [2.24, 2.45) is 0 Å². The lowest BCUT2D eigenvalue weighted by Gasteiger charge is -2.36. The largest absolute Gasteiger partial charge is 0.480 e. The average molecular weight is 394 g/mol. The van der Waals surface area contributed by atoms with Crippen molar-refractivity contribution in [3.63, 3.8) is 0 Å².